The maximum Gasteiger partial charge on any atom is 0.317 e. The summed E-state index contributed by atoms with van der Waals surface area (Å²) in [4.78, 5) is 44.7. The molecule has 4 heterocycles. The molecule has 3 amide bonds. The van der Waals surface area contributed by atoms with E-state index in [1.807, 2.05) is 22.8 Å². The van der Waals surface area contributed by atoms with E-state index in [9.17, 15) is 14.4 Å². The van der Waals surface area contributed by atoms with Crippen LogP contribution < -0.4 is 10.9 Å². The molecule has 3 aliphatic rings. The topological polar surface area (TPSA) is 77.9 Å². The van der Waals surface area contributed by atoms with Crippen LogP contribution in [-0.4, -0.2) is 84.1 Å². The number of nitrogens with one attached hydrogen (secondary N) is 1. The Balaban J connectivity index is 1.54. The van der Waals surface area contributed by atoms with Crippen molar-refractivity contribution in [1.82, 2.24) is 24.6 Å². The number of urea groups is 1. The van der Waals surface area contributed by atoms with E-state index in [0.29, 0.717) is 39.3 Å². The fourth-order valence-corrected chi connectivity index (χ4v) is 5.04. The van der Waals surface area contributed by atoms with Gasteiger partial charge in [0.05, 0.1) is 0 Å². The van der Waals surface area contributed by atoms with Gasteiger partial charge < -0.3 is 24.6 Å². The van der Waals surface area contributed by atoms with Crippen LogP contribution in [0, 0.1) is 5.92 Å². The van der Waals surface area contributed by atoms with E-state index in [1.165, 1.54) is 0 Å². The normalized spacial score (nSPS) is 24.2. The van der Waals surface area contributed by atoms with E-state index < -0.39 is 0 Å². The van der Waals surface area contributed by atoms with Gasteiger partial charge >= 0.3 is 6.03 Å². The molecular formula is C22H33N5O3. The van der Waals surface area contributed by atoms with Gasteiger partial charge in [-0.25, -0.2) is 4.79 Å². The molecular weight excluding hydrogens is 382 g/mol. The van der Waals surface area contributed by atoms with Crippen LogP contribution in [0.3, 0.4) is 0 Å². The highest BCUT2D eigenvalue weighted by molar-refractivity contribution is 5.94. The van der Waals surface area contributed by atoms with Crippen molar-refractivity contribution in [1.29, 1.82) is 0 Å². The molecule has 0 radical (unpaired) electrons. The monoisotopic (exact) mass is 415 g/mol. The molecule has 1 aromatic heterocycles. The van der Waals surface area contributed by atoms with Gasteiger partial charge in [0.2, 0.25) is 0 Å². The average molecular weight is 416 g/mol. The predicted molar refractivity (Wildman–Crippen MR) is 115 cm³/mol. The molecule has 4 rings (SSSR count). The molecule has 0 unspecified atom stereocenters. The third-order valence-corrected chi connectivity index (χ3v) is 6.65. The lowest BCUT2D eigenvalue weighted by atomic mass is 9.83. The van der Waals surface area contributed by atoms with E-state index >= 15 is 0 Å². The first-order valence-electron chi connectivity index (χ1n) is 11.2. The second-order valence-electron chi connectivity index (χ2n) is 8.97. The SMILES string of the molecule is CCCNC(=O)N1C[C@@H]2C[C@H](C1)c1ccc(C(=O)N3CCCN(C)CC3)c(=O)n1C2. The number of likely N-dealkylation sites (tertiary alicyclic amines) is 1. The zero-order valence-corrected chi connectivity index (χ0v) is 18.1. The summed E-state index contributed by atoms with van der Waals surface area (Å²) in [5.41, 5.74) is 1.06. The molecule has 0 spiro atoms. The number of rotatable bonds is 3. The molecule has 2 atom stereocenters. The lowest BCUT2D eigenvalue weighted by Gasteiger charge is -2.42. The zero-order valence-electron chi connectivity index (χ0n) is 18.1. The van der Waals surface area contributed by atoms with Gasteiger partial charge in [-0.05, 0) is 50.9 Å². The smallest absolute Gasteiger partial charge is 0.317 e. The van der Waals surface area contributed by atoms with Gasteiger partial charge in [0.1, 0.15) is 5.56 Å². The Morgan fingerprint density at radius 1 is 1.07 bits per heavy atom. The molecule has 1 N–H and O–H groups in total. The van der Waals surface area contributed by atoms with Crippen molar-refractivity contribution in [3.8, 4) is 0 Å². The first kappa shape index (κ1) is 20.9. The number of fused-ring (bicyclic) bond motifs is 4. The first-order valence-corrected chi connectivity index (χ1v) is 11.2. The van der Waals surface area contributed by atoms with Crippen molar-refractivity contribution in [2.75, 3.05) is 52.9 Å². The molecule has 164 valence electrons. The molecule has 8 nitrogen and oxygen atoms in total. The van der Waals surface area contributed by atoms with E-state index in [-0.39, 0.29) is 34.9 Å². The molecule has 1 aromatic rings. The number of hydrogen-bond acceptors (Lipinski definition) is 4. The molecule has 2 fully saturated rings. The van der Waals surface area contributed by atoms with E-state index in [1.54, 1.807) is 10.6 Å². The van der Waals surface area contributed by atoms with Crippen LogP contribution in [0.1, 0.15) is 48.2 Å². The molecule has 3 aliphatic heterocycles. The Kier molecular flexibility index (Phi) is 6.13. The molecule has 0 aliphatic carbocycles. The fourth-order valence-electron chi connectivity index (χ4n) is 5.04. The summed E-state index contributed by atoms with van der Waals surface area (Å²) in [6, 6.07) is 3.63. The minimum Gasteiger partial charge on any atom is -0.338 e. The Hall–Kier alpha value is -2.35. The summed E-state index contributed by atoms with van der Waals surface area (Å²) >= 11 is 0. The minimum absolute atomic E-state index is 0.0136. The number of amides is 3. The number of carbonyl (C=O) groups excluding carboxylic acids is 2. The highest BCUT2D eigenvalue weighted by atomic mass is 16.2. The minimum atomic E-state index is -0.173. The second-order valence-corrected chi connectivity index (χ2v) is 8.97. The van der Waals surface area contributed by atoms with Crippen LogP contribution in [0.25, 0.3) is 0 Å². The van der Waals surface area contributed by atoms with Gasteiger partial charge in [-0.1, -0.05) is 6.92 Å². The number of piperidine rings is 1. The summed E-state index contributed by atoms with van der Waals surface area (Å²) in [5, 5.41) is 2.96. The van der Waals surface area contributed by atoms with Gasteiger partial charge in [-0.3, -0.25) is 9.59 Å². The van der Waals surface area contributed by atoms with Crippen molar-refractivity contribution < 1.29 is 9.59 Å². The summed E-state index contributed by atoms with van der Waals surface area (Å²) in [5.74, 6) is 0.244. The lowest BCUT2D eigenvalue weighted by molar-refractivity contribution is 0.0759. The van der Waals surface area contributed by atoms with Crippen molar-refractivity contribution in [2.45, 2.75) is 38.6 Å². The number of pyridine rings is 1. The van der Waals surface area contributed by atoms with Crippen LogP contribution >= 0.6 is 0 Å². The quantitative estimate of drug-likeness (QED) is 0.804. The first-order chi connectivity index (χ1) is 14.5. The average Bonchev–Trinajstić information content (AvgIpc) is 2.96. The van der Waals surface area contributed by atoms with Crippen LogP contribution in [0.4, 0.5) is 4.79 Å². The molecule has 0 saturated carbocycles. The fraction of sp³-hybridized carbons (Fsp3) is 0.682. The third-order valence-electron chi connectivity index (χ3n) is 6.65. The highest BCUT2D eigenvalue weighted by Crippen LogP contribution is 2.35. The highest BCUT2D eigenvalue weighted by Gasteiger charge is 2.37. The molecule has 0 aromatic carbocycles. The number of carbonyl (C=O) groups is 2. The van der Waals surface area contributed by atoms with Gasteiger partial charge in [-0.15, -0.1) is 0 Å². The molecule has 8 heteroatoms. The lowest BCUT2D eigenvalue weighted by Crippen LogP contribution is -2.52. The Morgan fingerprint density at radius 2 is 1.90 bits per heavy atom. The summed E-state index contributed by atoms with van der Waals surface area (Å²) < 4.78 is 1.80. The predicted octanol–water partition coefficient (Wildman–Crippen LogP) is 1.16. The second kappa shape index (κ2) is 8.79. The maximum atomic E-state index is 13.2. The molecule has 2 saturated heterocycles. The van der Waals surface area contributed by atoms with E-state index in [2.05, 4.69) is 17.3 Å². The standard InChI is InChI=1S/C22H33N5O3/c1-3-7-23-22(30)26-13-16-12-17(15-26)19-6-5-18(21(29)27(19)14-16)20(28)25-9-4-8-24(2)10-11-25/h5-6,16-17H,3-4,7-15H2,1-2H3,(H,23,30)/t16-,17+/m0/s1. The van der Waals surface area contributed by atoms with Crippen molar-refractivity contribution in [2.24, 2.45) is 5.92 Å². The van der Waals surface area contributed by atoms with Crippen molar-refractivity contribution in [3.63, 3.8) is 0 Å². The van der Waals surface area contributed by atoms with Crippen molar-refractivity contribution >= 4 is 11.9 Å². The van der Waals surface area contributed by atoms with Crippen LogP contribution in [-0.2, 0) is 6.54 Å². The van der Waals surface area contributed by atoms with Gasteiger partial charge in [-0.2, -0.15) is 0 Å². The number of aromatic nitrogens is 1. The Bertz CT molecular complexity index is 867. The Morgan fingerprint density at radius 3 is 2.70 bits per heavy atom. The van der Waals surface area contributed by atoms with Gasteiger partial charge in [0.25, 0.3) is 11.5 Å². The van der Waals surface area contributed by atoms with Crippen LogP contribution in [0.5, 0.6) is 0 Å². The van der Waals surface area contributed by atoms with Crippen LogP contribution in [0.2, 0.25) is 0 Å². The maximum absolute atomic E-state index is 13.2. The molecule has 30 heavy (non-hydrogen) atoms. The van der Waals surface area contributed by atoms with Crippen LogP contribution in [0.15, 0.2) is 16.9 Å². The third kappa shape index (κ3) is 4.10. The summed E-state index contributed by atoms with van der Waals surface area (Å²) in [6.45, 7) is 7.73. The number of hydrogen-bond donors (Lipinski definition) is 1. The zero-order chi connectivity index (χ0) is 21.3. The van der Waals surface area contributed by atoms with Gasteiger partial charge in [0.15, 0.2) is 0 Å². The number of likely N-dealkylation sites (N-methyl/N-ethyl adjacent to an activating group) is 1. The number of nitrogens with zero attached hydrogens (tertiary/aromatic N) is 4. The van der Waals surface area contributed by atoms with Crippen molar-refractivity contribution in [3.05, 3.63) is 33.7 Å². The summed E-state index contributed by atoms with van der Waals surface area (Å²) in [7, 11) is 2.06. The molecule has 2 bridgehead atoms. The van der Waals surface area contributed by atoms with E-state index in [4.69, 9.17) is 0 Å². The summed E-state index contributed by atoms with van der Waals surface area (Å²) in [6.07, 6.45) is 2.83. The van der Waals surface area contributed by atoms with Gasteiger partial charge in [0, 0.05) is 57.4 Å². The van der Waals surface area contributed by atoms with E-state index in [0.717, 1.165) is 38.0 Å². The largest absolute Gasteiger partial charge is 0.338 e. The Labute approximate surface area is 177 Å².